The number of nitrogens with zero attached hydrogens (tertiary/aromatic N) is 2. The Labute approximate surface area is 98.2 Å². The normalized spacial score (nSPS) is 12.1. The van der Waals surface area contributed by atoms with E-state index >= 15 is 0 Å². The van der Waals surface area contributed by atoms with Gasteiger partial charge in [0.15, 0.2) is 0 Å². The van der Waals surface area contributed by atoms with Crippen molar-refractivity contribution in [3.8, 4) is 0 Å². The van der Waals surface area contributed by atoms with Crippen LogP contribution in [0, 0.1) is 0 Å². The van der Waals surface area contributed by atoms with Crippen molar-refractivity contribution < 1.29 is 4.79 Å². The topological polar surface area (TPSA) is 96.7 Å². The molecule has 0 radical (unpaired) electrons. The molecule has 6 nitrogen and oxygen atoms in total. The highest BCUT2D eigenvalue weighted by Gasteiger charge is 2.15. The van der Waals surface area contributed by atoms with E-state index in [1.54, 1.807) is 18.3 Å². The summed E-state index contributed by atoms with van der Waals surface area (Å²) in [5.74, 6) is -0.237. The molecule has 4 N–H and O–H groups in total. The van der Waals surface area contributed by atoms with Gasteiger partial charge < -0.3 is 11.1 Å². The minimum Gasteiger partial charge on any atom is -0.325 e. The summed E-state index contributed by atoms with van der Waals surface area (Å²) in [5, 5.41) is 12.7. The molecule has 0 saturated carbocycles. The summed E-state index contributed by atoms with van der Waals surface area (Å²) in [6, 6.07) is 8.55. The molecule has 88 valence electrons. The number of H-pyrrole nitrogens is 1. The van der Waals surface area contributed by atoms with Crippen molar-refractivity contribution >= 4 is 11.6 Å². The number of benzene rings is 1. The maximum Gasteiger partial charge on any atom is 0.241 e. The maximum atomic E-state index is 11.7. The Bertz CT molecular complexity index is 468. The van der Waals surface area contributed by atoms with E-state index in [1.807, 2.05) is 18.2 Å². The maximum absolute atomic E-state index is 11.7. The van der Waals surface area contributed by atoms with Crippen molar-refractivity contribution in [2.75, 3.05) is 5.32 Å². The summed E-state index contributed by atoms with van der Waals surface area (Å²) >= 11 is 0. The van der Waals surface area contributed by atoms with Crippen LogP contribution in [0.3, 0.4) is 0 Å². The molecule has 1 heterocycles. The Morgan fingerprint density at radius 2 is 2.18 bits per heavy atom. The third-order valence-electron chi connectivity index (χ3n) is 2.27. The number of amides is 1. The van der Waals surface area contributed by atoms with Gasteiger partial charge in [-0.2, -0.15) is 15.4 Å². The number of nitrogens with one attached hydrogen (secondary N) is 2. The molecule has 0 aliphatic carbocycles. The largest absolute Gasteiger partial charge is 0.325 e. The van der Waals surface area contributed by atoms with Gasteiger partial charge in [-0.1, -0.05) is 18.2 Å². The molecule has 17 heavy (non-hydrogen) atoms. The van der Waals surface area contributed by atoms with Crippen LogP contribution in [0.4, 0.5) is 5.69 Å². The molecule has 0 spiro atoms. The second-order valence-corrected chi connectivity index (χ2v) is 3.63. The number of anilines is 1. The smallest absolute Gasteiger partial charge is 0.241 e. The summed E-state index contributed by atoms with van der Waals surface area (Å²) in [7, 11) is 0. The van der Waals surface area contributed by atoms with Gasteiger partial charge in [-0.15, -0.1) is 0 Å². The summed E-state index contributed by atoms with van der Waals surface area (Å²) in [4.78, 5) is 11.7. The molecule has 6 heteroatoms. The lowest BCUT2D eigenvalue weighted by Crippen LogP contribution is -2.37. The van der Waals surface area contributed by atoms with Gasteiger partial charge in [-0.05, 0) is 12.1 Å². The number of hydrogen-bond acceptors (Lipinski definition) is 4. The third-order valence-corrected chi connectivity index (χ3v) is 2.27. The molecule has 1 unspecified atom stereocenters. The molecule has 2 rings (SSSR count). The summed E-state index contributed by atoms with van der Waals surface area (Å²) in [6.07, 6.45) is 1.91. The zero-order valence-corrected chi connectivity index (χ0v) is 9.13. The molecule has 0 saturated heterocycles. The van der Waals surface area contributed by atoms with Crippen LogP contribution >= 0.6 is 0 Å². The Kier molecular flexibility index (Phi) is 3.46. The zero-order chi connectivity index (χ0) is 12.1. The standard InChI is InChI=1S/C11H13N5O/c12-10(6-9-7-13-16-15-9)11(17)14-8-4-2-1-3-5-8/h1-5,7,10H,6,12H2,(H,14,17)(H,13,15,16). The first-order chi connectivity index (χ1) is 8.25. The Balaban J connectivity index is 1.92. The van der Waals surface area contributed by atoms with Crippen molar-refractivity contribution in [1.82, 2.24) is 15.4 Å². The van der Waals surface area contributed by atoms with E-state index in [1.165, 1.54) is 0 Å². The van der Waals surface area contributed by atoms with Crippen molar-refractivity contribution in [3.05, 3.63) is 42.2 Å². The minimum atomic E-state index is -0.639. The fourth-order valence-electron chi connectivity index (χ4n) is 1.40. The van der Waals surface area contributed by atoms with E-state index in [4.69, 9.17) is 5.73 Å². The van der Waals surface area contributed by atoms with Gasteiger partial charge in [0.2, 0.25) is 5.91 Å². The van der Waals surface area contributed by atoms with E-state index in [2.05, 4.69) is 20.7 Å². The second-order valence-electron chi connectivity index (χ2n) is 3.63. The highest BCUT2D eigenvalue weighted by Crippen LogP contribution is 2.06. The molecule has 1 amide bonds. The number of carbonyl (C=O) groups is 1. The van der Waals surface area contributed by atoms with Crippen LogP contribution < -0.4 is 11.1 Å². The van der Waals surface area contributed by atoms with Gasteiger partial charge in [0.05, 0.1) is 17.9 Å². The molecule has 1 aromatic carbocycles. The molecule has 0 bridgehead atoms. The summed E-state index contributed by atoms with van der Waals surface area (Å²) in [5.41, 5.74) is 7.16. The highest BCUT2D eigenvalue weighted by molar-refractivity contribution is 5.94. The van der Waals surface area contributed by atoms with Crippen LogP contribution in [0.25, 0.3) is 0 Å². The molecular formula is C11H13N5O. The lowest BCUT2D eigenvalue weighted by Gasteiger charge is -2.10. The van der Waals surface area contributed by atoms with Crippen molar-refractivity contribution in [2.45, 2.75) is 12.5 Å². The molecule has 0 aliphatic heterocycles. The van der Waals surface area contributed by atoms with E-state index in [0.29, 0.717) is 12.1 Å². The second kappa shape index (κ2) is 5.22. The number of aromatic amines is 1. The number of rotatable bonds is 4. The number of nitrogens with two attached hydrogens (primary N) is 1. The van der Waals surface area contributed by atoms with Crippen LogP contribution in [0.5, 0.6) is 0 Å². The van der Waals surface area contributed by atoms with Crippen LogP contribution in [0.15, 0.2) is 36.5 Å². The molecule has 0 aliphatic rings. The van der Waals surface area contributed by atoms with E-state index < -0.39 is 6.04 Å². The minimum absolute atomic E-state index is 0.237. The number of hydrogen-bond donors (Lipinski definition) is 3. The molecule has 1 aromatic heterocycles. The van der Waals surface area contributed by atoms with Gasteiger partial charge >= 0.3 is 0 Å². The van der Waals surface area contributed by atoms with Gasteiger partial charge in [0, 0.05) is 12.1 Å². The first-order valence-electron chi connectivity index (χ1n) is 5.22. The quantitative estimate of drug-likeness (QED) is 0.705. The first kappa shape index (κ1) is 11.3. The number of aromatic nitrogens is 3. The lowest BCUT2D eigenvalue weighted by atomic mass is 10.1. The fourth-order valence-corrected chi connectivity index (χ4v) is 1.40. The van der Waals surface area contributed by atoms with Crippen molar-refractivity contribution in [3.63, 3.8) is 0 Å². The Morgan fingerprint density at radius 1 is 1.41 bits per heavy atom. The molecular weight excluding hydrogens is 218 g/mol. The van der Waals surface area contributed by atoms with Crippen molar-refractivity contribution in [2.24, 2.45) is 5.73 Å². The zero-order valence-electron chi connectivity index (χ0n) is 9.13. The van der Waals surface area contributed by atoms with Crippen LogP contribution in [-0.4, -0.2) is 27.4 Å². The predicted octanol–water partition coefficient (Wildman–Crippen LogP) is 0.313. The van der Waals surface area contributed by atoms with Crippen LogP contribution in [-0.2, 0) is 11.2 Å². The fraction of sp³-hybridized carbons (Fsp3) is 0.182. The first-order valence-corrected chi connectivity index (χ1v) is 5.22. The Morgan fingerprint density at radius 3 is 2.82 bits per heavy atom. The van der Waals surface area contributed by atoms with E-state index in [9.17, 15) is 4.79 Å². The molecule has 0 fully saturated rings. The van der Waals surface area contributed by atoms with Crippen LogP contribution in [0.2, 0.25) is 0 Å². The van der Waals surface area contributed by atoms with Gasteiger partial charge in [0.1, 0.15) is 0 Å². The van der Waals surface area contributed by atoms with Gasteiger partial charge in [-0.25, -0.2) is 0 Å². The SMILES string of the molecule is NC(Cc1cn[nH]n1)C(=O)Nc1ccccc1. The average Bonchev–Trinajstić information content (AvgIpc) is 2.83. The monoisotopic (exact) mass is 231 g/mol. The highest BCUT2D eigenvalue weighted by atomic mass is 16.2. The predicted molar refractivity (Wildman–Crippen MR) is 63.1 cm³/mol. The summed E-state index contributed by atoms with van der Waals surface area (Å²) < 4.78 is 0. The van der Waals surface area contributed by atoms with E-state index in [-0.39, 0.29) is 5.91 Å². The van der Waals surface area contributed by atoms with Gasteiger partial charge in [-0.3, -0.25) is 4.79 Å². The average molecular weight is 231 g/mol. The van der Waals surface area contributed by atoms with E-state index in [0.717, 1.165) is 5.69 Å². The Hall–Kier alpha value is -2.21. The number of para-hydroxylation sites is 1. The third kappa shape index (κ3) is 3.12. The van der Waals surface area contributed by atoms with Gasteiger partial charge in [0.25, 0.3) is 0 Å². The van der Waals surface area contributed by atoms with Crippen molar-refractivity contribution in [1.29, 1.82) is 0 Å². The lowest BCUT2D eigenvalue weighted by molar-refractivity contribution is -0.117. The van der Waals surface area contributed by atoms with Crippen LogP contribution in [0.1, 0.15) is 5.69 Å². The number of carbonyl (C=O) groups excluding carboxylic acids is 1. The summed E-state index contributed by atoms with van der Waals surface area (Å²) in [6.45, 7) is 0. The molecule has 1 atom stereocenters. The molecule has 2 aromatic rings.